The van der Waals surface area contributed by atoms with E-state index in [1.54, 1.807) is 18.5 Å². The van der Waals surface area contributed by atoms with E-state index >= 15 is 0 Å². The molecule has 1 atom stereocenters. The lowest BCUT2D eigenvalue weighted by Gasteiger charge is -2.16. The Hall–Kier alpha value is -2.27. The molecule has 2 aromatic rings. The van der Waals surface area contributed by atoms with Crippen LogP contribution in [0.2, 0.25) is 5.02 Å². The van der Waals surface area contributed by atoms with E-state index in [0.717, 1.165) is 17.5 Å². The highest BCUT2D eigenvalue weighted by Crippen LogP contribution is 2.36. The van der Waals surface area contributed by atoms with Crippen LogP contribution in [0.1, 0.15) is 24.1 Å². The molecule has 2 heterocycles. The summed E-state index contributed by atoms with van der Waals surface area (Å²) >= 11 is 6.08. The van der Waals surface area contributed by atoms with Gasteiger partial charge in [0.15, 0.2) is 0 Å². The van der Waals surface area contributed by atoms with Crippen LogP contribution < -0.4 is 15.4 Å². The monoisotopic (exact) mass is 317 g/mol. The zero-order valence-electron chi connectivity index (χ0n) is 12.1. The number of carbonyl (C=O) groups is 1. The van der Waals surface area contributed by atoms with Gasteiger partial charge in [0, 0.05) is 29.4 Å². The van der Waals surface area contributed by atoms with Gasteiger partial charge in [-0.15, -0.1) is 0 Å². The fourth-order valence-electron chi connectivity index (χ4n) is 2.45. The molecule has 2 N–H and O–H groups in total. The number of hydrogen-bond acceptors (Lipinski definition) is 3. The molecule has 22 heavy (non-hydrogen) atoms. The number of urea groups is 1. The summed E-state index contributed by atoms with van der Waals surface area (Å²) in [4.78, 5) is 16.1. The number of aromatic nitrogens is 1. The second-order valence-corrected chi connectivity index (χ2v) is 5.58. The minimum atomic E-state index is -0.302. The maximum Gasteiger partial charge on any atom is 0.319 e. The summed E-state index contributed by atoms with van der Waals surface area (Å²) in [5.74, 6) is 0.705. The molecule has 114 valence electrons. The van der Waals surface area contributed by atoms with Crippen LogP contribution in [0, 0.1) is 0 Å². The molecule has 0 saturated heterocycles. The van der Waals surface area contributed by atoms with Gasteiger partial charge in [-0.25, -0.2) is 4.79 Å². The van der Waals surface area contributed by atoms with Crippen molar-refractivity contribution in [3.63, 3.8) is 0 Å². The Bertz CT molecular complexity index is 691. The quantitative estimate of drug-likeness (QED) is 0.910. The number of halogens is 1. The third kappa shape index (κ3) is 3.14. The Morgan fingerprint density at radius 3 is 2.91 bits per heavy atom. The molecule has 3 rings (SSSR count). The van der Waals surface area contributed by atoms with E-state index in [0.29, 0.717) is 23.1 Å². The van der Waals surface area contributed by atoms with Crippen molar-refractivity contribution in [1.29, 1.82) is 0 Å². The fourth-order valence-corrected chi connectivity index (χ4v) is 2.69. The number of nitrogens with zero attached hydrogens (tertiary/aromatic N) is 1. The third-order valence-electron chi connectivity index (χ3n) is 3.55. The SMILES string of the molecule is CC(NC(=O)Nc1cc(Cl)cc2c1OCC2)c1ccncc1. The number of benzene rings is 1. The number of carbonyl (C=O) groups excluding carboxylic acids is 1. The van der Waals surface area contributed by atoms with Crippen molar-refractivity contribution in [3.05, 3.63) is 52.8 Å². The molecular formula is C16H16ClN3O2. The fraction of sp³-hybridized carbons (Fsp3) is 0.250. The van der Waals surface area contributed by atoms with E-state index in [9.17, 15) is 4.79 Å². The molecule has 0 radical (unpaired) electrons. The van der Waals surface area contributed by atoms with Crippen LogP contribution in [-0.2, 0) is 6.42 Å². The van der Waals surface area contributed by atoms with E-state index < -0.39 is 0 Å². The molecule has 5 nitrogen and oxygen atoms in total. The topological polar surface area (TPSA) is 63.2 Å². The van der Waals surface area contributed by atoms with Crippen molar-refractivity contribution in [1.82, 2.24) is 10.3 Å². The first-order valence-electron chi connectivity index (χ1n) is 7.06. The summed E-state index contributed by atoms with van der Waals surface area (Å²) < 4.78 is 5.57. The molecule has 2 amide bonds. The van der Waals surface area contributed by atoms with Gasteiger partial charge in [-0.3, -0.25) is 4.98 Å². The van der Waals surface area contributed by atoms with Crippen LogP contribution in [0.5, 0.6) is 5.75 Å². The smallest absolute Gasteiger partial charge is 0.319 e. The summed E-state index contributed by atoms with van der Waals surface area (Å²) in [7, 11) is 0. The summed E-state index contributed by atoms with van der Waals surface area (Å²) in [6, 6.07) is 6.87. The predicted octanol–water partition coefficient (Wildman–Crippen LogP) is 3.55. The van der Waals surface area contributed by atoms with Crippen LogP contribution in [-0.4, -0.2) is 17.6 Å². The number of pyridine rings is 1. The van der Waals surface area contributed by atoms with Crippen LogP contribution in [0.4, 0.5) is 10.5 Å². The van der Waals surface area contributed by atoms with E-state index in [1.165, 1.54) is 0 Å². The second kappa shape index (κ2) is 6.23. The van der Waals surface area contributed by atoms with E-state index in [-0.39, 0.29) is 12.1 Å². The van der Waals surface area contributed by atoms with Gasteiger partial charge < -0.3 is 15.4 Å². The number of rotatable bonds is 3. The van der Waals surface area contributed by atoms with Gasteiger partial charge in [0.2, 0.25) is 0 Å². The molecular weight excluding hydrogens is 302 g/mol. The number of amides is 2. The third-order valence-corrected chi connectivity index (χ3v) is 3.77. The lowest BCUT2D eigenvalue weighted by Crippen LogP contribution is -2.31. The van der Waals surface area contributed by atoms with Crippen LogP contribution >= 0.6 is 11.6 Å². The number of anilines is 1. The van der Waals surface area contributed by atoms with E-state index in [1.807, 2.05) is 25.1 Å². The maximum atomic E-state index is 12.2. The first kappa shape index (κ1) is 14.7. The largest absolute Gasteiger partial charge is 0.491 e. The molecule has 0 bridgehead atoms. The van der Waals surface area contributed by atoms with Crippen molar-refractivity contribution in [2.45, 2.75) is 19.4 Å². The molecule has 1 aromatic carbocycles. The van der Waals surface area contributed by atoms with Gasteiger partial charge in [-0.2, -0.15) is 0 Å². The Morgan fingerprint density at radius 2 is 2.14 bits per heavy atom. The van der Waals surface area contributed by atoms with Gasteiger partial charge in [0.05, 0.1) is 18.3 Å². The maximum absolute atomic E-state index is 12.2. The molecule has 6 heteroatoms. The molecule has 0 fully saturated rings. The number of nitrogens with one attached hydrogen (secondary N) is 2. The summed E-state index contributed by atoms with van der Waals surface area (Å²) in [6.07, 6.45) is 4.20. The molecule has 1 aliphatic rings. The molecule has 1 aromatic heterocycles. The lowest BCUT2D eigenvalue weighted by atomic mass is 10.1. The standard InChI is InChI=1S/C16H16ClN3O2/c1-10(11-2-5-18-6-3-11)19-16(21)20-14-9-13(17)8-12-4-7-22-15(12)14/h2-3,5-6,8-10H,4,7H2,1H3,(H2,19,20,21). The van der Waals surface area contributed by atoms with Crippen LogP contribution in [0.3, 0.4) is 0 Å². The molecule has 0 aliphatic carbocycles. The first-order chi connectivity index (χ1) is 10.6. The minimum Gasteiger partial charge on any atom is -0.491 e. The number of hydrogen-bond donors (Lipinski definition) is 2. The predicted molar refractivity (Wildman–Crippen MR) is 85.5 cm³/mol. The zero-order chi connectivity index (χ0) is 15.5. The summed E-state index contributed by atoms with van der Waals surface area (Å²) in [5.41, 5.74) is 2.60. The van der Waals surface area contributed by atoms with Crippen molar-refractivity contribution in [2.24, 2.45) is 0 Å². The van der Waals surface area contributed by atoms with Gasteiger partial charge in [-0.05, 0) is 36.8 Å². The average molecular weight is 318 g/mol. The zero-order valence-corrected chi connectivity index (χ0v) is 12.9. The highest BCUT2D eigenvalue weighted by atomic mass is 35.5. The van der Waals surface area contributed by atoms with E-state index in [2.05, 4.69) is 15.6 Å². The van der Waals surface area contributed by atoms with Gasteiger partial charge >= 0.3 is 6.03 Å². The van der Waals surface area contributed by atoms with Crippen molar-refractivity contribution in [3.8, 4) is 5.75 Å². The second-order valence-electron chi connectivity index (χ2n) is 5.14. The number of fused-ring (bicyclic) bond motifs is 1. The Morgan fingerprint density at radius 1 is 1.36 bits per heavy atom. The molecule has 1 aliphatic heterocycles. The van der Waals surface area contributed by atoms with Gasteiger partial charge in [-0.1, -0.05) is 11.6 Å². The Labute approximate surface area is 133 Å². The summed E-state index contributed by atoms with van der Waals surface area (Å²) in [5, 5.41) is 6.27. The van der Waals surface area contributed by atoms with Crippen LogP contribution in [0.15, 0.2) is 36.7 Å². The lowest BCUT2D eigenvalue weighted by molar-refractivity contribution is 0.249. The van der Waals surface area contributed by atoms with Gasteiger partial charge in [0.25, 0.3) is 0 Å². The molecule has 1 unspecified atom stereocenters. The minimum absolute atomic E-state index is 0.129. The highest BCUT2D eigenvalue weighted by Gasteiger charge is 2.19. The van der Waals surface area contributed by atoms with E-state index in [4.69, 9.17) is 16.3 Å². The van der Waals surface area contributed by atoms with Crippen LogP contribution in [0.25, 0.3) is 0 Å². The summed E-state index contributed by atoms with van der Waals surface area (Å²) in [6.45, 7) is 2.52. The highest BCUT2D eigenvalue weighted by molar-refractivity contribution is 6.31. The van der Waals surface area contributed by atoms with Crippen molar-refractivity contribution < 1.29 is 9.53 Å². The van der Waals surface area contributed by atoms with Crippen molar-refractivity contribution in [2.75, 3.05) is 11.9 Å². The normalized spacial score (nSPS) is 13.9. The number of ether oxygens (including phenoxy) is 1. The molecule has 0 spiro atoms. The molecule has 0 saturated carbocycles. The van der Waals surface area contributed by atoms with Crippen molar-refractivity contribution >= 4 is 23.3 Å². The average Bonchev–Trinajstić information content (AvgIpc) is 2.96. The first-order valence-corrected chi connectivity index (χ1v) is 7.44. The Balaban J connectivity index is 1.70. The Kier molecular flexibility index (Phi) is 4.15. The van der Waals surface area contributed by atoms with Gasteiger partial charge in [0.1, 0.15) is 5.75 Å².